The molecule has 0 N–H and O–H groups in total. The van der Waals surface area contributed by atoms with Crippen molar-refractivity contribution in [1.29, 1.82) is 0 Å². The number of amides is 2. The van der Waals surface area contributed by atoms with Gasteiger partial charge in [-0.3, -0.25) is 9.59 Å². The van der Waals surface area contributed by atoms with Gasteiger partial charge in [0, 0.05) is 51.3 Å². The molecule has 2 fully saturated rings. The number of nitrogens with zero attached hydrogens (tertiary/aromatic N) is 3. The summed E-state index contributed by atoms with van der Waals surface area (Å²) in [5.74, 6) is 1.81. The molecule has 0 saturated carbocycles. The summed E-state index contributed by atoms with van der Waals surface area (Å²) in [7, 11) is 1.69. The fourth-order valence-corrected chi connectivity index (χ4v) is 5.22. The van der Waals surface area contributed by atoms with Gasteiger partial charge in [-0.25, -0.2) is 0 Å². The van der Waals surface area contributed by atoms with Crippen LogP contribution in [0.3, 0.4) is 0 Å². The zero-order valence-corrected chi connectivity index (χ0v) is 18.7. The summed E-state index contributed by atoms with van der Waals surface area (Å²) >= 11 is 0. The Balaban J connectivity index is 1.22. The van der Waals surface area contributed by atoms with E-state index in [1.165, 1.54) is 25.0 Å². The number of para-hydroxylation sites is 2. The highest BCUT2D eigenvalue weighted by atomic mass is 16.5. The van der Waals surface area contributed by atoms with Crippen LogP contribution in [-0.2, 0) is 9.59 Å². The number of fused-ring (bicyclic) bond motifs is 1. The number of piperazine rings is 1. The van der Waals surface area contributed by atoms with Crippen LogP contribution in [0.2, 0.25) is 0 Å². The Bertz CT molecular complexity index is 814. The summed E-state index contributed by atoms with van der Waals surface area (Å²) in [5, 5.41) is 0. The number of likely N-dealkylation sites (tertiary alicyclic amines) is 1. The Hall–Kier alpha value is -2.50. The minimum atomic E-state index is 0.167. The van der Waals surface area contributed by atoms with Crippen LogP contribution < -0.4 is 9.64 Å². The van der Waals surface area contributed by atoms with Crippen molar-refractivity contribution in [2.24, 2.45) is 5.92 Å². The van der Waals surface area contributed by atoms with E-state index in [1.54, 1.807) is 7.11 Å². The van der Waals surface area contributed by atoms with Gasteiger partial charge in [0.1, 0.15) is 5.75 Å². The normalized spacial score (nSPS) is 21.4. The number of methoxy groups -OCH3 is 1. The van der Waals surface area contributed by atoms with E-state index in [9.17, 15) is 9.59 Å². The molecule has 1 atom stereocenters. The smallest absolute Gasteiger partial charge is 0.226 e. The molecule has 1 aliphatic carbocycles. The lowest BCUT2D eigenvalue weighted by atomic mass is 9.85. The maximum atomic E-state index is 12.8. The molecule has 0 spiro atoms. The average Bonchev–Trinajstić information content (AvgIpc) is 2.83. The van der Waals surface area contributed by atoms with E-state index in [1.807, 2.05) is 28.0 Å². The lowest BCUT2D eigenvalue weighted by Gasteiger charge is -2.38. The Morgan fingerprint density at radius 1 is 0.968 bits per heavy atom. The Morgan fingerprint density at radius 2 is 1.71 bits per heavy atom. The van der Waals surface area contributed by atoms with Crippen LogP contribution in [0.1, 0.15) is 51.4 Å². The molecule has 168 valence electrons. The molecule has 6 heteroatoms. The number of carbonyl (C=O) groups is 2. The minimum Gasteiger partial charge on any atom is -0.495 e. The fourth-order valence-electron chi connectivity index (χ4n) is 5.22. The predicted octanol–water partition coefficient (Wildman–Crippen LogP) is 3.82. The van der Waals surface area contributed by atoms with E-state index in [2.05, 4.69) is 17.0 Å². The molecule has 1 aromatic rings. The van der Waals surface area contributed by atoms with Gasteiger partial charge in [-0.1, -0.05) is 18.2 Å². The van der Waals surface area contributed by atoms with Crippen molar-refractivity contribution in [3.8, 4) is 5.75 Å². The average molecular weight is 426 g/mol. The second-order valence-electron chi connectivity index (χ2n) is 8.84. The molecule has 6 nitrogen and oxygen atoms in total. The van der Waals surface area contributed by atoms with Gasteiger partial charge >= 0.3 is 0 Å². The first-order valence-corrected chi connectivity index (χ1v) is 11.8. The Labute approximate surface area is 185 Å². The first-order valence-electron chi connectivity index (χ1n) is 11.8. The maximum Gasteiger partial charge on any atom is 0.226 e. The van der Waals surface area contributed by atoms with Gasteiger partial charge < -0.3 is 19.4 Å². The van der Waals surface area contributed by atoms with Crippen LogP contribution in [0, 0.1) is 5.92 Å². The molecule has 1 aromatic carbocycles. The molecular formula is C25H35N3O3. The zero-order valence-electron chi connectivity index (χ0n) is 18.7. The third-order valence-electron chi connectivity index (χ3n) is 6.92. The number of anilines is 1. The van der Waals surface area contributed by atoms with Crippen LogP contribution >= 0.6 is 0 Å². The monoisotopic (exact) mass is 425 g/mol. The molecule has 2 heterocycles. The number of hydrogen-bond acceptors (Lipinski definition) is 4. The predicted molar refractivity (Wildman–Crippen MR) is 122 cm³/mol. The molecule has 31 heavy (non-hydrogen) atoms. The van der Waals surface area contributed by atoms with Crippen LogP contribution in [0.4, 0.5) is 5.69 Å². The number of allylic oxidation sites excluding steroid dienone is 2. The van der Waals surface area contributed by atoms with Gasteiger partial charge in [-0.05, 0) is 56.6 Å². The molecule has 0 bridgehead atoms. The van der Waals surface area contributed by atoms with Gasteiger partial charge in [0.2, 0.25) is 11.8 Å². The van der Waals surface area contributed by atoms with E-state index < -0.39 is 0 Å². The van der Waals surface area contributed by atoms with E-state index in [-0.39, 0.29) is 11.8 Å². The van der Waals surface area contributed by atoms with Gasteiger partial charge in [0.15, 0.2) is 0 Å². The maximum absolute atomic E-state index is 12.8. The second kappa shape index (κ2) is 10.2. The lowest BCUT2D eigenvalue weighted by Crippen LogP contribution is -2.48. The van der Waals surface area contributed by atoms with E-state index in [0.29, 0.717) is 38.3 Å². The summed E-state index contributed by atoms with van der Waals surface area (Å²) < 4.78 is 5.47. The summed E-state index contributed by atoms with van der Waals surface area (Å²) in [6, 6.07) is 8.02. The highest BCUT2D eigenvalue weighted by molar-refractivity contribution is 5.80. The molecule has 2 saturated heterocycles. The molecule has 0 aromatic heterocycles. The molecule has 2 aliphatic heterocycles. The number of ether oxygens (including phenoxy) is 1. The molecular weight excluding hydrogens is 390 g/mol. The first-order chi connectivity index (χ1) is 15.2. The fraction of sp³-hybridized carbons (Fsp3) is 0.600. The number of rotatable bonds is 6. The third kappa shape index (κ3) is 5.05. The van der Waals surface area contributed by atoms with E-state index in [0.717, 1.165) is 43.9 Å². The van der Waals surface area contributed by atoms with Crippen LogP contribution in [-0.4, -0.2) is 61.4 Å². The summed E-state index contributed by atoms with van der Waals surface area (Å²) in [6.45, 7) is 3.87. The quantitative estimate of drug-likeness (QED) is 0.695. The number of benzene rings is 1. The first kappa shape index (κ1) is 21.7. The lowest BCUT2D eigenvalue weighted by molar-refractivity contribution is -0.132. The van der Waals surface area contributed by atoms with Crippen molar-refractivity contribution in [2.75, 3.05) is 44.7 Å². The molecule has 3 aliphatic rings. The van der Waals surface area contributed by atoms with Crippen molar-refractivity contribution >= 4 is 17.5 Å². The highest BCUT2D eigenvalue weighted by Crippen LogP contribution is 2.35. The highest BCUT2D eigenvalue weighted by Gasteiger charge is 2.30. The Morgan fingerprint density at radius 3 is 2.52 bits per heavy atom. The van der Waals surface area contributed by atoms with Crippen molar-refractivity contribution in [3.63, 3.8) is 0 Å². The number of hydrogen-bond donors (Lipinski definition) is 0. The molecule has 0 radical (unpaired) electrons. The van der Waals surface area contributed by atoms with Crippen LogP contribution in [0.25, 0.3) is 0 Å². The van der Waals surface area contributed by atoms with Crippen molar-refractivity contribution in [3.05, 3.63) is 36.0 Å². The SMILES string of the molecule is COc1ccccc1N1CCN(C(=O)CCCC(=O)N2CCCC3CCCC=C32)CC1. The summed E-state index contributed by atoms with van der Waals surface area (Å²) in [6.07, 6.45) is 9.71. The van der Waals surface area contributed by atoms with E-state index >= 15 is 0 Å². The number of carbonyl (C=O) groups excluding carboxylic acids is 2. The third-order valence-corrected chi connectivity index (χ3v) is 6.92. The van der Waals surface area contributed by atoms with Gasteiger partial charge in [0.05, 0.1) is 12.8 Å². The molecule has 1 unspecified atom stereocenters. The van der Waals surface area contributed by atoms with Gasteiger partial charge in [0.25, 0.3) is 0 Å². The zero-order chi connectivity index (χ0) is 21.6. The standard InChI is InChI=1S/C25H35N3O3/c1-31-23-12-5-4-11-22(23)26-16-18-27(19-17-26)24(29)13-6-14-25(30)28-15-7-9-20-8-2-3-10-21(20)28/h4-5,10-12,20H,2-3,6-9,13-19H2,1H3. The number of piperidine rings is 1. The topological polar surface area (TPSA) is 53.1 Å². The molecule has 4 rings (SSSR count). The van der Waals surface area contributed by atoms with E-state index in [4.69, 9.17) is 4.74 Å². The second-order valence-corrected chi connectivity index (χ2v) is 8.84. The Kier molecular flexibility index (Phi) is 7.15. The van der Waals surface area contributed by atoms with Crippen molar-refractivity contribution in [2.45, 2.75) is 51.4 Å². The van der Waals surface area contributed by atoms with Crippen LogP contribution in [0.15, 0.2) is 36.0 Å². The minimum absolute atomic E-state index is 0.167. The molecule has 2 amide bonds. The van der Waals surface area contributed by atoms with Gasteiger partial charge in [-0.15, -0.1) is 0 Å². The summed E-state index contributed by atoms with van der Waals surface area (Å²) in [4.78, 5) is 31.7. The van der Waals surface area contributed by atoms with Gasteiger partial charge in [-0.2, -0.15) is 0 Å². The van der Waals surface area contributed by atoms with Crippen molar-refractivity contribution < 1.29 is 14.3 Å². The summed E-state index contributed by atoms with van der Waals surface area (Å²) in [5.41, 5.74) is 2.35. The largest absolute Gasteiger partial charge is 0.495 e. The van der Waals surface area contributed by atoms with Crippen LogP contribution in [0.5, 0.6) is 5.75 Å². The van der Waals surface area contributed by atoms with Crippen molar-refractivity contribution in [1.82, 2.24) is 9.80 Å².